The summed E-state index contributed by atoms with van der Waals surface area (Å²) in [5.41, 5.74) is 1.86. The molecular formula is C31H32FN7O4S. The number of aliphatic carboxylic acids is 1. The SMILES string of the molecule is Cc1ccc(S(=O)(=O)n2cc(-c3nc(N[C@H]4C5CCC(CC5)[C@@H]4C(=O)O)c4ccc(N(C)C)n4n3)c3cc(F)cnc32)cc1. The van der Waals surface area contributed by atoms with Crippen molar-refractivity contribution in [2.45, 2.75) is 43.5 Å². The van der Waals surface area contributed by atoms with Gasteiger partial charge in [-0.3, -0.25) is 4.79 Å². The molecule has 1 aromatic carbocycles. The highest BCUT2D eigenvalue weighted by Gasteiger charge is 2.47. The quantitative estimate of drug-likeness (QED) is 0.264. The zero-order chi connectivity index (χ0) is 30.9. The molecule has 0 unspecified atom stereocenters. The van der Waals surface area contributed by atoms with Crippen molar-refractivity contribution in [3.8, 4) is 11.4 Å². The zero-order valence-corrected chi connectivity index (χ0v) is 25.3. The van der Waals surface area contributed by atoms with Crippen molar-refractivity contribution in [3.63, 3.8) is 0 Å². The molecule has 11 nitrogen and oxygen atoms in total. The lowest BCUT2D eigenvalue weighted by Crippen LogP contribution is -2.51. The van der Waals surface area contributed by atoms with Crippen LogP contribution in [0, 0.1) is 30.5 Å². The van der Waals surface area contributed by atoms with Crippen molar-refractivity contribution >= 4 is 44.2 Å². The summed E-state index contributed by atoms with van der Waals surface area (Å²) in [6.07, 6.45) is 6.03. The van der Waals surface area contributed by atoms with Gasteiger partial charge in [0.25, 0.3) is 10.0 Å². The van der Waals surface area contributed by atoms with Crippen LogP contribution in [0.4, 0.5) is 16.0 Å². The van der Waals surface area contributed by atoms with Gasteiger partial charge in [-0.05, 0) is 74.8 Å². The second-order valence-corrected chi connectivity index (χ2v) is 13.9. The first-order valence-electron chi connectivity index (χ1n) is 14.6. The molecule has 0 saturated heterocycles. The molecule has 5 aromatic rings. The molecule has 2 bridgehead atoms. The summed E-state index contributed by atoms with van der Waals surface area (Å²) in [5, 5.41) is 18.7. The number of rotatable bonds is 7. The molecule has 2 atom stereocenters. The lowest BCUT2D eigenvalue weighted by molar-refractivity contribution is -0.148. The number of fused-ring (bicyclic) bond motifs is 5. The topological polar surface area (TPSA) is 135 Å². The summed E-state index contributed by atoms with van der Waals surface area (Å²) in [6.45, 7) is 1.86. The Morgan fingerprint density at radius 3 is 2.45 bits per heavy atom. The van der Waals surface area contributed by atoms with Crippen LogP contribution in [0.15, 0.2) is 59.8 Å². The Bertz CT molecular complexity index is 2030. The van der Waals surface area contributed by atoms with Crippen molar-refractivity contribution < 1.29 is 22.7 Å². The van der Waals surface area contributed by atoms with E-state index in [1.807, 2.05) is 38.1 Å². The standard InChI is InChI=1S/C31H32FN7O4S/c1-17-4-10-21(11-5-17)44(42,43)38-16-23(22-14-20(32)15-33-30(22)38)28-35-29(24-12-13-25(37(2)3)39(24)36-28)34-27-19-8-6-18(7-9-19)26(27)31(40)41/h4-5,10-16,18-19,26-27H,6-9H2,1-3H3,(H,40,41)(H,34,35,36)/t18?,19?,26-,27-/m0/s1. The average molecular weight is 618 g/mol. The van der Waals surface area contributed by atoms with Crippen LogP contribution in [0.5, 0.6) is 0 Å². The number of nitrogens with zero attached hydrogens (tertiary/aromatic N) is 6. The minimum Gasteiger partial charge on any atom is -0.481 e. The van der Waals surface area contributed by atoms with Crippen LogP contribution < -0.4 is 10.2 Å². The summed E-state index contributed by atoms with van der Waals surface area (Å²) in [4.78, 5) is 23.4. The fourth-order valence-electron chi connectivity index (χ4n) is 6.95. The third-order valence-electron chi connectivity index (χ3n) is 9.15. The number of hydrogen-bond donors (Lipinski definition) is 2. The third-order valence-corrected chi connectivity index (χ3v) is 10.8. The maximum absolute atomic E-state index is 14.6. The van der Waals surface area contributed by atoms with E-state index in [0.29, 0.717) is 11.3 Å². The van der Waals surface area contributed by atoms with Gasteiger partial charge in [0.1, 0.15) is 17.2 Å². The van der Waals surface area contributed by atoms with Gasteiger partial charge in [-0.2, -0.15) is 0 Å². The molecule has 2 N–H and O–H groups in total. The van der Waals surface area contributed by atoms with Crippen molar-refractivity contribution in [3.05, 3.63) is 66.2 Å². The van der Waals surface area contributed by atoms with Crippen LogP contribution in [-0.4, -0.2) is 63.2 Å². The second-order valence-electron chi connectivity index (χ2n) is 12.1. The van der Waals surface area contributed by atoms with Crippen molar-refractivity contribution in [2.24, 2.45) is 17.8 Å². The fraction of sp³-hybridized carbons (Fsp3) is 0.355. The van der Waals surface area contributed by atoms with Gasteiger partial charge in [0.05, 0.1) is 17.0 Å². The number of nitrogens with one attached hydrogen (secondary N) is 1. The van der Waals surface area contributed by atoms with E-state index in [9.17, 15) is 22.7 Å². The number of carboxylic acids is 1. The first-order valence-corrected chi connectivity index (χ1v) is 16.0. The molecule has 44 heavy (non-hydrogen) atoms. The van der Waals surface area contributed by atoms with Crippen LogP contribution in [-0.2, 0) is 14.8 Å². The van der Waals surface area contributed by atoms with E-state index in [4.69, 9.17) is 10.1 Å². The molecule has 4 heterocycles. The van der Waals surface area contributed by atoms with E-state index in [-0.39, 0.29) is 45.2 Å². The summed E-state index contributed by atoms with van der Waals surface area (Å²) in [6, 6.07) is 11.1. The fourth-order valence-corrected chi connectivity index (χ4v) is 8.28. The second kappa shape index (κ2) is 10.3. The lowest BCUT2D eigenvalue weighted by atomic mass is 9.61. The largest absolute Gasteiger partial charge is 0.481 e. The van der Waals surface area contributed by atoms with Gasteiger partial charge in [0.2, 0.25) is 0 Å². The molecule has 3 fully saturated rings. The molecule has 0 radical (unpaired) electrons. The summed E-state index contributed by atoms with van der Waals surface area (Å²) >= 11 is 0. The van der Waals surface area contributed by atoms with E-state index in [1.165, 1.54) is 24.4 Å². The summed E-state index contributed by atoms with van der Waals surface area (Å²) in [7, 11) is -0.368. The Morgan fingerprint density at radius 2 is 1.77 bits per heavy atom. The molecule has 3 saturated carbocycles. The maximum Gasteiger partial charge on any atom is 0.308 e. The maximum atomic E-state index is 14.6. The summed E-state index contributed by atoms with van der Waals surface area (Å²) in [5.74, 6) is -0.436. The predicted octanol–water partition coefficient (Wildman–Crippen LogP) is 4.80. The number of anilines is 2. The number of aryl methyl sites for hydroxylation is 1. The average Bonchev–Trinajstić information content (AvgIpc) is 3.60. The Hall–Kier alpha value is -4.52. The number of pyridine rings is 1. The highest BCUT2D eigenvalue weighted by Crippen LogP contribution is 2.46. The monoisotopic (exact) mass is 617 g/mol. The van der Waals surface area contributed by atoms with Gasteiger partial charge in [-0.25, -0.2) is 31.3 Å². The first-order chi connectivity index (χ1) is 21.0. The van der Waals surface area contributed by atoms with Gasteiger partial charge >= 0.3 is 5.97 Å². The van der Waals surface area contributed by atoms with E-state index < -0.39 is 27.7 Å². The molecule has 228 valence electrons. The van der Waals surface area contributed by atoms with Crippen LogP contribution in [0.25, 0.3) is 27.9 Å². The minimum atomic E-state index is -4.11. The van der Waals surface area contributed by atoms with Crippen molar-refractivity contribution in [1.82, 2.24) is 23.6 Å². The molecule has 0 aliphatic heterocycles. The number of aromatic nitrogens is 5. The molecule has 13 heteroatoms. The molecule has 8 rings (SSSR count). The molecule has 0 spiro atoms. The van der Waals surface area contributed by atoms with Gasteiger partial charge in [-0.1, -0.05) is 17.7 Å². The van der Waals surface area contributed by atoms with Crippen molar-refractivity contribution in [2.75, 3.05) is 24.3 Å². The van der Waals surface area contributed by atoms with Gasteiger partial charge in [0.15, 0.2) is 17.3 Å². The number of carboxylic acid groups (broad SMARTS) is 1. The lowest BCUT2D eigenvalue weighted by Gasteiger charge is -2.47. The predicted molar refractivity (Wildman–Crippen MR) is 164 cm³/mol. The third kappa shape index (κ3) is 4.48. The van der Waals surface area contributed by atoms with Gasteiger partial charge in [-0.15, -0.1) is 5.10 Å². The Balaban J connectivity index is 1.43. The smallest absolute Gasteiger partial charge is 0.308 e. The molecule has 4 aromatic heterocycles. The van der Waals surface area contributed by atoms with Gasteiger partial charge in [0, 0.05) is 37.3 Å². The van der Waals surface area contributed by atoms with Crippen LogP contribution in [0.3, 0.4) is 0 Å². The van der Waals surface area contributed by atoms with Gasteiger partial charge < -0.3 is 15.3 Å². The van der Waals surface area contributed by atoms with E-state index >= 15 is 0 Å². The van der Waals surface area contributed by atoms with Crippen molar-refractivity contribution in [1.29, 1.82) is 0 Å². The van der Waals surface area contributed by atoms with Crippen LogP contribution in [0.2, 0.25) is 0 Å². The highest BCUT2D eigenvalue weighted by molar-refractivity contribution is 7.90. The van der Waals surface area contributed by atoms with E-state index in [0.717, 1.165) is 47.2 Å². The van der Waals surface area contributed by atoms with Crippen LogP contribution >= 0.6 is 0 Å². The van der Waals surface area contributed by atoms with E-state index in [1.54, 1.807) is 16.6 Å². The number of carbonyl (C=O) groups is 1. The molecule has 3 aliphatic carbocycles. The number of halogens is 1. The normalized spacial score (nSPS) is 21.6. The highest BCUT2D eigenvalue weighted by atomic mass is 32.2. The Kier molecular flexibility index (Phi) is 6.61. The minimum absolute atomic E-state index is 0.0380. The molecule has 3 aliphatic rings. The number of hydrogen-bond acceptors (Lipinski definition) is 8. The number of benzene rings is 1. The Morgan fingerprint density at radius 1 is 1.07 bits per heavy atom. The van der Waals surface area contributed by atoms with E-state index in [2.05, 4.69) is 10.3 Å². The zero-order valence-electron chi connectivity index (χ0n) is 24.5. The van der Waals surface area contributed by atoms with Crippen LogP contribution in [0.1, 0.15) is 31.2 Å². The molecular weight excluding hydrogens is 585 g/mol. The molecule has 0 amide bonds. The first kappa shape index (κ1) is 28.3. The Labute approximate surface area is 253 Å². The summed E-state index contributed by atoms with van der Waals surface area (Å²) < 4.78 is 45.0.